The molecule has 0 spiro atoms. The molecule has 0 bridgehead atoms. The Morgan fingerprint density at radius 3 is 2.50 bits per heavy atom. The smallest absolute Gasteiger partial charge is 0.337 e. The largest absolute Gasteiger partial charge is 0.465 e. The molecule has 3 heterocycles. The number of thiazole rings is 1. The van der Waals surface area contributed by atoms with E-state index in [1.54, 1.807) is 30.5 Å². The second-order valence-corrected chi connectivity index (χ2v) is 6.95. The lowest BCUT2D eigenvalue weighted by atomic mass is 10.1. The van der Waals surface area contributed by atoms with Gasteiger partial charge in [0.2, 0.25) is 0 Å². The van der Waals surface area contributed by atoms with Crippen molar-refractivity contribution in [1.29, 1.82) is 0 Å². The van der Waals surface area contributed by atoms with Crippen molar-refractivity contribution in [3.05, 3.63) is 59.4 Å². The van der Waals surface area contributed by atoms with Crippen molar-refractivity contribution in [2.75, 3.05) is 12.4 Å². The molecule has 1 amide bonds. The summed E-state index contributed by atoms with van der Waals surface area (Å²) in [5, 5.41) is 10.1. The van der Waals surface area contributed by atoms with Crippen LogP contribution in [0.2, 0.25) is 0 Å². The van der Waals surface area contributed by atoms with Gasteiger partial charge < -0.3 is 4.74 Å². The van der Waals surface area contributed by atoms with Gasteiger partial charge >= 0.3 is 5.97 Å². The highest BCUT2D eigenvalue weighted by molar-refractivity contribution is 7.22. The van der Waals surface area contributed by atoms with Crippen molar-refractivity contribution in [2.45, 2.75) is 6.92 Å². The van der Waals surface area contributed by atoms with E-state index in [-0.39, 0.29) is 5.91 Å². The van der Waals surface area contributed by atoms with E-state index < -0.39 is 5.97 Å². The highest BCUT2D eigenvalue weighted by Gasteiger charge is 2.13. The number of benzene rings is 1. The lowest BCUT2D eigenvalue weighted by molar-refractivity contribution is 0.0600. The number of aryl methyl sites for hydroxylation is 1. The van der Waals surface area contributed by atoms with Crippen LogP contribution in [0.4, 0.5) is 5.13 Å². The van der Waals surface area contributed by atoms with Gasteiger partial charge in [0.05, 0.1) is 24.6 Å². The first-order valence-electron chi connectivity index (χ1n) is 8.33. The molecular formula is C19H15N5O3S. The third-order valence-corrected chi connectivity index (χ3v) is 5.03. The molecule has 4 aromatic rings. The molecule has 0 aliphatic carbocycles. The third-order valence-electron chi connectivity index (χ3n) is 4.15. The standard InChI is InChI=1S/C19H15N5O3S/c1-10-13(9-20-24-10)14-7-8-15-17(21-14)28-19(22-15)23-16(25)11-3-5-12(6-4-11)18(26)27-2/h3-9H,1-2H3,(H,20,24)(H,22,23,25). The molecule has 0 atom stereocenters. The van der Waals surface area contributed by atoms with E-state index in [4.69, 9.17) is 0 Å². The first kappa shape index (κ1) is 17.8. The minimum atomic E-state index is -0.451. The van der Waals surface area contributed by atoms with Crippen LogP contribution in [0.1, 0.15) is 26.4 Å². The van der Waals surface area contributed by atoms with Crippen LogP contribution in [0.3, 0.4) is 0 Å². The SMILES string of the molecule is COC(=O)c1ccc(C(=O)Nc2nc3ccc(-c4cn[nH]c4C)nc3s2)cc1. The maximum atomic E-state index is 12.4. The fourth-order valence-corrected chi connectivity index (χ4v) is 3.51. The number of rotatable bonds is 4. The number of aromatic amines is 1. The maximum absolute atomic E-state index is 12.4. The molecule has 0 unspecified atom stereocenters. The second-order valence-electron chi connectivity index (χ2n) is 5.97. The zero-order valence-electron chi connectivity index (χ0n) is 15.0. The first-order valence-corrected chi connectivity index (χ1v) is 9.14. The molecule has 0 saturated heterocycles. The van der Waals surface area contributed by atoms with Crippen molar-refractivity contribution in [3.63, 3.8) is 0 Å². The Morgan fingerprint density at radius 1 is 1.07 bits per heavy atom. The van der Waals surface area contributed by atoms with E-state index in [1.165, 1.54) is 18.4 Å². The first-order chi connectivity index (χ1) is 13.5. The molecule has 9 heteroatoms. The van der Waals surface area contributed by atoms with Crippen LogP contribution in [0.15, 0.2) is 42.6 Å². The number of nitrogens with one attached hydrogen (secondary N) is 2. The Bertz CT molecular complexity index is 1180. The van der Waals surface area contributed by atoms with Crippen molar-refractivity contribution in [2.24, 2.45) is 0 Å². The number of ether oxygens (including phenoxy) is 1. The van der Waals surface area contributed by atoms with Gasteiger partial charge in [-0.1, -0.05) is 11.3 Å². The summed E-state index contributed by atoms with van der Waals surface area (Å²) in [4.78, 5) is 33.7. The Kier molecular flexibility index (Phi) is 4.58. The fourth-order valence-electron chi connectivity index (χ4n) is 2.67. The van der Waals surface area contributed by atoms with Crippen LogP contribution in [0.5, 0.6) is 0 Å². The van der Waals surface area contributed by atoms with Gasteiger partial charge in [0.25, 0.3) is 5.91 Å². The number of pyridine rings is 1. The minimum absolute atomic E-state index is 0.318. The summed E-state index contributed by atoms with van der Waals surface area (Å²) in [6.07, 6.45) is 1.73. The van der Waals surface area contributed by atoms with Gasteiger partial charge in [-0.15, -0.1) is 0 Å². The number of hydrogen-bond acceptors (Lipinski definition) is 7. The molecule has 140 valence electrons. The average Bonchev–Trinajstić information content (AvgIpc) is 3.32. The molecule has 0 radical (unpaired) electrons. The van der Waals surface area contributed by atoms with Gasteiger partial charge in [-0.2, -0.15) is 5.10 Å². The van der Waals surface area contributed by atoms with Crippen LogP contribution in [0, 0.1) is 6.92 Å². The summed E-state index contributed by atoms with van der Waals surface area (Å²) < 4.78 is 4.65. The summed E-state index contributed by atoms with van der Waals surface area (Å²) in [5.74, 6) is -0.769. The number of H-pyrrole nitrogens is 1. The molecular weight excluding hydrogens is 378 g/mol. The number of carbonyl (C=O) groups is 2. The quantitative estimate of drug-likeness (QED) is 0.514. The normalized spacial score (nSPS) is 10.8. The van der Waals surface area contributed by atoms with E-state index in [0.717, 1.165) is 21.8 Å². The number of anilines is 1. The zero-order chi connectivity index (χ0) is 19.7. The highest BCUT2D eigenvalue weighted by atomic mass is 32.1. The number of amides is 1. The average molecular weight is 393 g/mol. The van der Waals surface area contributed by atoms with Crippen molar-refractivity contribution in [3.8, 4) is 11.3 Å². The monoisotopic (exact) mass is 393 g/mol. The molecule has 4 rings (SSSR count). The third kappa shape index (κ3) is 3.35. The van der Waals surface area contributed by atoms with Gasteiger partial charge in [-0.3, -0.25) is 15.2 Å². The molecule has 28 heavy (non-hydrogen) atoms. The number of methoxy groups -OCH3 is 1. The Balaban J connectivity index is 1.55. The summed E-state index contributed by atoms with van der Waals surface area (Å²) in [6, 6.07) is 9.94. The number of aromatic nitrogens is 4. The van der Waals surface area contributed by atoms with Crippen molar-refractivity contribution >= 4 is 38.7 Å². The summed E-state index contributed by atoms with van der Waals surface area (Å²) >= 11 is 1.29. The molecule has 3 aromatic heterocycles. The summed E-state index contributed by atoms with van der Waals surface area (Å²) in [6.45, 7) is 1.93. The second kappa shape index (κ2) is 7.20. The Labute approximate surface area is 163 Å². The van der Waals surface area contributed by atoms with Crippen molar-refractivity contribution < 1.29 is 14.3 Å². The Hall–Kier alpha value is -3.59. The number of hydrogen-bond donors (Lipinski definition) is 2. The number of carbonyl (C=O) groups excluding carboxylic acids is 2. The van der Waals surface area contributed by atoms with Gasteiger partial charge in [0.15, 0.2) is 5.13 Å². The molecule has 0 fully saturated rings. The molecule has 0 saturated carbocycles. The lowest BCUT2D eigenvalue weighted by Gasteiger charge is -2.03. The molecule has 8 nitrogen and oxygen atoms in total. The summed E-state index contributed by atoms with van der Waals surface area (Å²) in [5.41, 5.74) is 4.14. The predicted molar refractivity (Wildman–Crippen MR) is 105 cm³/mol. The van der Waals surface area contributed by atoms with Crippen LogP contribution < -0.4 is 5.32 Å². The fraction of sp³-hybridized carbons (Fsp3) is 0.105. The van der Waals surface area contributed by atoms with Crippen LogP contribution in [-0.4, -0.2) is 39.2 Å². The van der Waals surface area contributed by atoms with Crippen LogP contribution in [-0.2, 0) is 4.74 Å². The van der Waals surface area contributed by atoms with Crippen LogP contribution >= 0.6 is 11.3 Å². The van der Waals surface area contributed by atoms with E-state index in [9.17, 15) is 9.59 Å². The molecule has 0 aliphatic rings. The zero-order valence-corrected chi connectivity index (χ0v) is 15.8. The van der Waals surface area contributed by atoms with E-state index in [0.29, 0.717) is 21.8 Å². The van der Waals surface area contributed by atoms with Gasteiger partial charge in [0.1, 0.15) is 10.3 Å². The van der Waals surface area contributed by atoms with Crippen molar-refractivity contribution in [1.82, 2.24) is 20.2 Å². The highest BCUT2D eigenvalue weighted by Crippen LogP contribution is 2.28. The number of fused-ring (bicyclic) bond motifs is 1. The van der Waals surface area contributed by atoms with Gasteiger partial charge in [0, 0.05) is 16.8 Å². The topological polar surface area (TPSA) is 110 Å². The van der Waals surface area contributed by atoms with Gasteiger partial charge in [-0.05, 0) is 43.3 Å². The van der Waals surface area contributed by atoms with E-state index in [1.807, 2.05) is 19.1 Å². The van der Waals surface area contributed by atoms with Gasteiger partial charge in [-0.25, -0.2) is 14.8 Å². The maximum Gasteiger partial charge on any atom is 0.337 e. The van der Waals surface area contributed by atoms with E-state index >= 15 is 0 Å². The Morgan fingerprint density at radius 2 is 1.82 bits per heavy atom. The molecule has 1 aromatic carbocycles. The molecule has 0 aliphatic heterocycles. The lowest BCUT2D eigenvalue weighted by Crippen LogP contribution is -2.12. The number of nitrogens with zero attached hydrogens (tertiary/aromatic N) is 3. The van der Waals surface area contributed by atoms with E-state index in [2.05, 4.69) is 30.2 Å². The summed E-state index contributed by atoms with van der Waals surface area (Å²) in [7, 11) is 1.31. The minimum Gasteiger partial charge on any atom is -0.465 e. The van der Waals surface area contributed by atoms with Crippen LogP contribution in [0.25, 0.3) is 21.6 Å². The number of esters is 1. The predicted octanol–water partition coefficient (Wildman–Crippen LogP) is 3.43. The molecule has 2 N–H and O–H groups in total.